The van der Waals surface area contributed by atoms with Gasteiger partial charge in [-0.1, -0.05) is 6.07 Å². The first-order chi connectivity index (χ1) is 7.86. The third-order valence-corrected chi connectivity index (χ3v) is 3.20. The first-order valence-electron chi connectivity index (χ1n) is 6.04. The summed E-state index contributed by atoms with van der Waals surface area (Å²) in [6.07, 6.45) is 4.60. The van der Waals surface area contributed by atoms with Crippen molar-refractivity contribution < 1.29 is 0 Å². The van der Waals surface area contributed by atoms with Crippen molar-refractivity contribution in [2.75, 3.05) is 0 Å². The lowest BCUT2D eigenvalue weighted by Gasteiger charge is -2.03. The number of aryl methyl sites for hydroxylation is 1. The number of nitrogens with one attached hydrogen (secondary N) is 1. The zero-order valence-electron chi connectivity index (χ0n) is 9.61. The molecule has 84 valence electrons. The minimum absolute atomic E-state index is 0.767. The second-order valence-electron chi connectivity index (χ2n) is 4.51. The smallest absolute Gasteiger partial charge is 0.0958 e. The lowest BCUT2D eigenvalue weighted by molar-refractivity contribution is 0.688. The van der Waals surface area contributed by atoms with Gasteiger partial charge in [0.2, 0.25) is 0 Å². The molecule has 2 aromatic rings. The Kier molecular flexibility index (Phi) is 2.40. The quantitative estimate of drug-likeness (QED) is 0.848. The highest BCUT2D eigenvalue weighted by Gasteiger charge is 2.19. The average molecular weight is 215 g/mol. The molecule has 1 N–H and O–H groups in total. The van der Waals surface area contributed by atoms with Gasteiger partial charge in [0.25, 0.3) is 0 Å². The molecular weight excluding hydrogens is 198 g/mol. The number of aromatic nitrogens is 2. The molecular formula is C13H17N3. The molecule has 1 saturated carbocycles. The van der Waals surface area contributed by atoms with Crippen molar-refractivity contribution in [2.45, 2.75) is 38.9 Å². The molecule has 16 heavy (non-hydrogen) atoms. The van der Waals surface area contributed by atoms with Crippen LogP contribution in [0, 0.1) is 0 Å². The molecule has 1 fully saturated rings. The van der Waals surface area contributed by atoms with Gasteiger partial charge >= 0.3 is 0 Å². The van der Waals surface area contributed by atoms with E-state index in [1.807, 2.05) is 6.33 Å². The maximum atomic E-state index is 4.43. The highest BCUT2D eigenvalue weighted by molar-refractivity contribution is 5.76. The zero-order valence-corrected chi connectivity index (χ0v) is 9.61. The Morgan fingerprint density at radius 1 is 1.44 bits per heavy atom. The van der Waals surface area contributed by atoms with Crippen LogP contribution < -0.4 is 5.32 Å². The molecule has 3 nitrogen and oxygen atoms in total. The minimum Gasteiger partial charge on any atom is -0.331 e. The fourth-order valence-corrected chi connectivity index (χ4v) is 2.02. The second kappa shape index (κ2) is 3.91. The van der Waals surface area contributed by atoms with Crippen LogP contribution in [0.15, 0.2) is 24.5 Å². The standard InChI is InChI=1S/C13H17N3/c1-2-16-9-15-12-7-10(3-6-13(12)16)8-14-11-4-5-11/h3,6-7,9,11,14H,2,4-5,8H2,1H3. The van der Waals surface area contributed by atoms with E-state index in [0.29, 0.717) is 0 Å². The van der Waals surface area contributed by atoms with Gasteiger partial charge in [-0.05, 0) is 37.5 Å². The molecule has 0 saturated heterocycles. The maximum Gasteiger partial charge on any atom is 0.0958 e. The fourth-order valence-electron chi connectivity index (χ4n) is 2.02. The third kappa shape index (κ3) is 1.83. The normalized spacial score (nSPS) is 15.8. The van der Waals surface area contributed by atoms with Gasteiger partial charge in [-0.3, -0.25) is 0 Å². The Morgan fingerprint density at radius 3 is 3.06 bits per heavy atom. The second-order valence-corrected chi connectivity index (χ2v) is 4.51. The summed E-state index contributed by atoms with van der Waals surface area (Å²) < 4.78 is 2.17. The van der Waals surface area contributed by atoms with E-state index in [2.05, 4.69) is 40.0 Å². The van der Waals surface area contributed by atoms with Gasteiger partial charge in [0.1, 0.15) is 0 Å². The Labute approximate surface area is 95.5 Å². The van der Waals surface area contributed by atoms with Gasteiger partial charge in [0.15, 0.2) is 0 Å². The van der Waals surface area contributed by atoms with E-state index in [4.69, 9.17) is 0 Å². The van der Waals surface area contributed by atoms with E-state index < -0.39 is 0 Å². The van der Waals surface area contributed by atoms with Gasteiger partial charge in [-0.15, -0.1) is 0 Å². The van der Waals surface area contributed by atoms with Gasteiger partial charge in [0.05, 0.1) is 17.4 Å². The predicted molar refractivity (Wildman–Crippen MR) is 65.3 cm³/mol. The van der Waals surface area contributed by atoms with Crippen LogP contribution >= 0.6 is 0 Å². The molecule has 3 heteroatoms. The molecule has 1 heterocycles. The molecule has 1 aromatic carbocycles. The Hall–Kier alpha value is -1.35. The molecule has 1 aliphatic carbocycles. The summed E-state index contributed by atoms with van der Waals surface area (Å²) >= 11 is 0. The number of benzene rings is 1. The van der Waals surface area contributed by atoms with Crippen molar-refractivity contribution in [2.24, 2.45) is 0 Å². The Balaban J connectivity index is 1.84. The Morgan fingerprint density at radius 2 is 2.31 bits per heavy atom. The molecule has 0 unspecified atom stereocenters. The van der Waals surface area contributed by atoms with Gasteiger partial charge in [-0.2, -0.15) is 0 Å². The van der Waals surface area contributed by atoms with Crippen LogP contribution in [-0.4, -0.2) is 15.6 Å². The first kappa shape index (κ1) is 9.85. The van der Waals surface area contributed by atoms with E-state index in [0.717, 1.165) is 24.6 Å². The average Bonchev–Trinajstić information content (AvgIpc) is 3.05. The maximum absolute atomic E-state index is 4.43. The van der Waals surface area contributed by atoms with Crippen molar-refractivity contribution in [3.05, 3.63) is 30.1 Å². The summed E-state index contributed by atoms with van der Waals surface area (Å²) in [5.41, 5.74) is 3.68. The molecule has 3 rings (SSSR count). The number of rotatable bonds is 4. The molecule has 0 aliphatic heterocycles. The SMILES string of the molecule is CCn1cnc2cc(CNC3CC3)ccc21. The number of hydrogen-bond acceptors (Lipinski definition) is 2. The topological polar surface area (TPSA) is 29.9 Å². The van der Waals surface area contributed by atoms with E-state index >= 15 is 0 Å². The molecule has 0 atom stereocenters. The van der Waals surface area contributed by atoms with E-state index in [-0.39, 0.29) is 0 Å². The number of nitrogens with zero attached hydrogens (tertiary/aromatic N) is 2. The van der Waals surface area contributed by atoms with Gasteiger partial charge in [0, 0.05) is 19.1 Å². The summed E-state index contributed by atoms with van der Waals surface area (Å²) in [6, 6.07) is 7.34. The molecule has 0 spiro atoms. The number of imidazole rings is 1. The van der Waals surface area contributed by atoms with Crippen LogP contribution in [0.4, 0.5) is 0 Å². The van der Waals surface area contributed by atoms with Crippen molar-refractivity contribution in [1.29, 1.82) is 0 Å². The number of hydrogen-bond donors (Lipinski definition) is 1. The zero-order chi connectivity index (χ0) is 11.0. The Bertz CT molecular complexity index is 497. The monoisotopic (exact) mass is 215 g/mol. The summed E-state index contributed by atoms with van der Waals surface area (Å²) in [5.74, 6) is 0. The van der Waals surface area contributed by atoms with Gasteiger partial charge in [-0.25, -0.2) is 4.98 Å². The van der Waals surface area contributed by atoms with Crippen LogP contribution in [0.5, 0.6) is 0 Å². The molecule has 1 aliphatic rings. The molecule has 0 radical (unpaired) electrons. The molecule has 1 aromatic heterocycles. The van der Waals surface area contributed by atoms with E-state index in [9.17, 15) is 0 Å². The number of fused-ring (bicyclic) bond motifs is 1. The fraction of sp³-hybridized carbons (Fsp3) is 0.462. The van der Waals surface area contributed by atoms with E-state index in [1.165, 1.54) is 23.9 Å². The largest absolute Gasteiger partial charge is 0.331 e. The van der Waals surface area contributed by atoms with Crippen LogP contribution in [-0.2, 0) is 13.1 Å². The van der Waals surface area contributed by atoms with Crippen molar-refractivity contribution in [3.63, 3.8) is 0 Å². The minimum atomic E-state index is 0.767. The molecule has 0 amide bonds. The summed E-state index contributed by atoms with van der Waals surface area (Å²) in [5, 5.41) is 3.52. The lowest BCUT2D eigenvalue weighted by Crippen LogP contribution is -2.15. The first-order valence-corrected chi connectivity index (χ1v) is 6.04. The van der Waals surface area contributed by atoms with Crippen molar-refractivity contribution in [1.82, 2.24) is 14.9 Å². The predicted octanol–water partition coefficient (Wildman–Crippen LogP) is 2.31. The highest BCUT2D eigenvalue weighted by atomic mass is 15.0. The lowest BCUT2D eigenvalue weighted by atomic mass is 10.2. The van der Waals surface area contributed by atoms with Crippen LogP contribution in [0.1, 0.15) is 25.3 Å². The van der Waals surface area contributed by atoms with Crippen LogP contribution in [0.25, 0.3) is 11.0 Å². The summed E-state index contributed by atoms with van der Waals surface area (Å²) in [7, 11) is 0. The summed E-state index contributed by atoms with van der Waals surface area (Å²) in [6.45, 7) is 4.10. The van der Waals surface area contributed by atoms with Gasteiger partial charge < -0.3 is 9.88 Å². The van der Waals surface area contributed by atoms with Crippen molar-refractivity contribution in [3.8, 4) is 0 Å². The van der Waals surface area contributed by atoms with E-state index in [1.54, 1.807) is 0 Å². The third-order valence-electron chi connectivity index (χ3n) is 3.20. The van der Waals surface area contributed by atoms with Crippen molar-refractivity contribution >= 4 is 11.0 Å². The summed E-state index contributed by atoms with van der Waals surface area (Å²) in [4.78, 5) is 4.43. The van der Waals surface area contributed by atoms with Crippen LogP contribution in [0.3, 0.4) is 0 Å². The molecule has 0 bridgehead atoms. The van der Waals surface area contributed by atoms with Crippen LogP contribution in [0.2, 0.25) is 0 Å². The highest BCUT2D eigenvalue weighted by Crippen LogP contribution is 2.20.